The van der Waals surface area contributed by atoms with E-state index in [0.29, 0.717) is 5.11 Å². The minimum atomic E-state index is 0.715. The topological polar surface area (TPSA) is 37.0 Å². The molecule has 0 aliphatic carbocycles. The van der Waals surface area contributed by atoms with Crippen LogP contribution in [0, 0.1) is 0 Å². The summed E-state index contributed by atoms with van der Waals surface area (Å²) in [5.74, 6) is 1.46. The minimum Gasteiger partial charge on any atom is -0.497 e. The first-order valence-corrected chi connectivity index (χ1v) is 9.62. The van der Waals surface area contributed by atoms with Crippen LogP contribution in [0.4, 0.5) is 5.69 Å². The van der Waals surface area contributed by atoms with Crippen LogP contribution in [0.1, 0.15) is 5.56 Å². The Balaban J connectivity index is 1.54. The van der Waals surface area contributed by atoms with Gasteiger partial charge in [-0.1, -0.05) is 23.7 Å². The van der Waals surface area contributed by atoms with Crippen LogP contribution in [0.3, 0.4) is 0 Å². The number of nitrogens with zero attached hydrogens (tertiary/aromatic N) is 2. The second-order valence-electron chi connectivity index (χ2n) is 6.42. The highest BCUT2D eigenvalue weighted by Crippen LogP contribution is 2.26. The molecule has 0 bridgehead atoms. The molecule has 5 nitrogen and oxygen atoms in total. The van der Waals surface area contributed by atoms with Gasteiger partial charge in [-0.2, -0.15) is 0 Å². The van der Waals surface area contributed by atoms with Crippen LogP contribution in [0.25, 0.3) is 0 Å². The van der Waals surface area contributed by atoms with E-state index in [-0.39, 0.29) is 0 Å². The molecular weight excluding hydrogens is 382 g/mol. The molecular formula is C20H24ClN3O2S. The van der Waals surface area contributed by atoms with Crippen molar-refractivity contribution in [3.8, 4) is 11.5 Å². The van der Waals surface area contributed by atoms with E-state index in [1.54, 1.807) is 14.2 Å². The number of methoxy groups -OCH3 is 2. The van der Waals surface area contributed by atoms with Crippen molar-refractivity contribution in [1.82, 2.24) is 9.80 Å². The first kappa shape index (κ1) is 19.7. The number of hydrogen-bond acceptors (Lipinski definition) is 4. The summed E-state index contributed by atoms with van der Waals surface area (Å²) in [6.45, 7) is 4.58. The van der Waals surface area contributed by atoms with Crippen molar-refractivity contribution in [3.63, 3.8) is 0 Å². The maximum absolute atomic E-state index is 6.08. The van der Waals surface area contributed by atoms with E-state index in [9.17, 15) is 0 Å². The zero-order valence-corrected chi connectivity index (χ0v) is 17.1. The molecule has 27 heavy (non-hydrogen) atoms. The molecule has 0 spiro atoms. The summed E-state index contributed by atoms with van der Waals surface area (Å²) in [6, 6.07) is 13.7. The fourth-order valence-corrected chi connectivity index (χ4v) is 3.60. The highest BCUT2D eigenvalue weighted by molar-refractivity contribution is 7.80. The third-order valence-corrected chi connectivity index (χ3v) is 5.15. The number of anilines is 1. The van der Waals surface area contributed by atoms with Gasteiger partial charge in [-0.3, -0.25) is 4.90 Å². The number of hydrogen-bond donors (Lipinski definition) is 1. The summed E-state index contributed by atoms with van der Waals surface area (Å²) in [7, 11) is 3.27. The fraction of sp³-hybridized carbons (Fsp3) is 0.350. The summed E-state index contributed by atoms with van der Waals surface area (Å²) in [6.07, 6.45) is 0. The predicted octanol–water partition coefficient (Wildman–Crippen LogP) is 3.87. The first-order chi connectivity index (χ1) is 13.1. The number of piperazine rings is 1. The van der Waals surface area contributed by atoms with Gasteiger partial charge in [0.2, 0.25) is 0 Å². The van der Waals surface area contributed by atoms with Gasteiger partial charge in [-0.25, -0.2) is 0 Å². The summed E-state index contributed by atoms with van der Waals surface area (Å²) < 4.78 is 10.6. The van der Waals surface area contributed by atoms with Crippen LogP contribution in [0.5, 0.6) is 11.5 Å². The van der Waals surface area contributed by atoms with Crippen molar-refractivity contribution in [2.75, 3.05) is 45.7 Å². The van der Waals surface area contributed by atoms with Gasteiger partial charge < -0.3 is 19.7 Å². The van der Waals surface area contributed by atoms with Crippen LogP contribution in [-0.4, -0.2) is 55.3 Å². The van der Waals surface area contributed by atoms with Crippen molar-refractivity contribution in [3.05, 3.63) is 53.1 Å². The van der Waals surface area contributed by atoms with Crippen molar-refractivity contribution < 1.29 is 9.47 Å². The van der Waals surface area contributed by atoms with Gasteiger partial charge in [0.05, 0.1) is 14.2 Å². The van der Waals surface area contributed by atoms with Gasteiger partial charge in [-0.15, -0.1) is 0 Å². The Bertz CT molecular complexity index is 772. The number of ether oxygens (including phenoxy) is 2. The number of rotatable bonds is 5. The van der Waals surface area contributed by atoms with Crippen molar-refractivity contribution in [2.24, 2.45) is 0 Å². The number of halogens is 1. The fourth-order valence-electron chi connectivity index (χ4n) is 3.08. The molecule has 144 valence electrons. The molecule has 1 saturated heterocycles. The summed E-state index contributed by atoms with van der Waals surface area (Å²) >= 11 is 11.7. The molecule has 0 radical (unpaired) electrons. The first-order valence-electron chi connectivity index (χ1n) is 8.83. The molecule has 1 N–H and O–H groups in total. The second-order valence-corrected chi connectivity index (χ2v) is 7.25. The maximum Gasteiger partial charge on any atom is 0.173 e. The molecule has 0 saturated carbocycles. The smallest absolute Gasteiger partial charge is 0.173 e. The molecule has 7 heteroatoms. The minimum absolute atomic E-state index is 0.715. The Kier molecular flexibility index (Phi) is 6.77. The normalized spacial score (nSPS) is 14.7. The number of benzene rings is 2. The van der Waals surface area contributed by atoms with E-state index >= 15 is 0 Å². The number of nitrogens with one attached hydrogen (secondary N) is 1. The predicted molar refractivity (Wildman–Crippen MR) is 114 cm³/mol. The number of thiocarbonyl (C=S) groups is 1. The van der Waals surface area contributed by atoms with Gasteiger partial charge in [-0.05, 0) is 29.9 Å². The van der Waals surface area contributed by atoms with Crippen LogP contribution in [0.15, 0.2) is 42.5 Å². The summed E-state index contributed by atoms with van der Waals surface area (Å²) in [5, 5.41) is 4.79. The Morgan fingerprint density at radius 2 is 1.70 bits per heavy atom. The second kappa shape index (κ2) is 9.26. The van der Waals surface area contributed by atoms with Crippen molar-refractivity contribution >= 4 is 34.6 Å². The zero-order valence-electron chi connectivity index (χ0n) is 15.6. The van der Waals surface area contributed by atoms with Crippen LogP contribution in [0.2, 0.25) is 5.02 Å². The van der Waals surface area contributed by atoms with E-state index in [4.69, 9.17) is 33.3 Å². The van der Waals surface area contributed by atoms with Crippen molar-refractivity contribution in [2.45, 2.75) is 6.54 Å². The van der Waals surface area contributed by atoms with E-state index < -0.39 is 0 Å². The summed E-state index contributed by atoms with van der Waals surface area (Å²) in [4.78, 5) is 4.61. The maximum atomic E-state index is 6.08. The highest BCUT2D eigenvalue weighted by atomic mass is 35.5. The third kappa shape index (κ3) is 5.48. The van der Waals surface area contributed by atoms with E-state index in [2.05, 4.69) is 21.2 Å². The zero-order chi connectivity index (χ0) is 19.2. The lowest BCUT2D eigenvalue weighted by Crippen LogP contribution is -2.49. The van der Waals surface area contributed by atoms with E-state index in [1.807, 2.05) is 36.4 Å². The lowest BCUT2D eigenvalue weighted by atomic mass is 10.2. The molecule has 1 heterocycles. The van der Waals surface area contributed by atoms with Gasteiger partial charge in [0.1, 0.15) is 11.5 Å². The Labute approximate surface area is 170 Å². The molecule has 1 aliphatic rings. The van der Waals surface area contributed by atoms with Crippen molar-refractivity contribution in [1.29, 1.82) is 0 Å². The average Bonchev–Trinajstić information content (AvgIpc) is 2.68. The van der Waals surface area contributed by atoms with E-state index in [1.165, 1.54) is 5.56 Å². The molecule has 2 aromatic rings. The Morgan fingerprint density at radius 1 is 1.04 bits per heavy atom. The molecule has 1 aliphatic heterocycles. The van der Waals surface area contributed by atoms with Gasteiger partial charge in [0, 0.05) is 61.6 Å². The summed E-state index contributed by atoms with van der Waals surface area (Å²) in [5.41, 5.74) is 2.10. The molecule has 3 rings (SSSR count). The van der Waals surface area contributed by atoms with Crippen LogP contribution in [-0.2, 0) is 6.54 Å². The third-order valence-electron chi connectivity index (χ3n) is 4.56. The molecule has 0 aromatic heterocycles. The molecule has 0 atom stereocenters. The Hall–Kier alpha value is -2.02. The van der Waals surface area contributed by atoms with Gasteiger partial charge in [0.25, 0.3) is 0 Å². The van der Waals surface area contributed by atoms with Gasteiger partial charge >= 0.3 is 0 Å². The van der Waals surface area contributed by atoms with Gasteiger partial charge in [0.15, 0.2) is 5.11 Å². The van der Waals surface area contributed by atoms with E-state index in [0.717, 1.165) is 54.9 Å². The SMILES string of the molecule is COc1cc(NC(=S)N2CCN(Cc3cccc(Cl)c3)CC2)cc(OC)c1. The lowest BCUT2D eigenvalue weighted by molar-refractivity contribution is 0.177. The standard InChI is InChI=1S/C20H24ClN3O2S/c1-25-18-11-17(12-19(13-18)26-2)22-20(27)24-8-6-23(7-9-24)14-15-4-3-5-16(21)10-15/h3-5,10-13H,6-9,14H2,1-2H3,(H,22,27). The van der Waals surface area contributed by atoms with Crippen LogP contribution < -0.4 is 14.8 Å². The largest absolute Gasteiger partial charge is 0.497 e. The average molecular weight is 406 g/mol. The monoisotopic (exact) mass is 405 g/mol. The molecule has 2 aromatic carbocycles. The highest BCUT2D eigenvalue weighted by Gasteiger charge is 2.19. The quantitative estimate of drug-likeness (QED) is 0.761. The van der Waals surface area contributed by atoms with Crippen LogP contribution >= 0.6 is 23.8 Å². The lowest BCUT2D eigenvalue weighted by Gasteiger charge is -2.36. The Morgan fingerprint density at radius 3 is 2.30 bits per heavy atom. The molecule has 0 amide bonds. The molecule has 1 fully saturated rings. The molecule has 0 unspecified atom stereocenters.